The number of rotatable bonds is 2. The number of aromatic nitrogens is 1. The van der Waals surface area contributed by atoms with Gasteiger partial charge in [0, 0.05) is 18.4 Å². The molecule has 1 amide bonds. The fourth-order valence-corrected chi connectivity index (χ4v) is 3.37. The van der Waals surface area contributed by atoms with Crippen LogP contribution in [0.15, 0.2) is 29.8 Å². The first kappa shape index (κ1) is 14.2. The molecule has 0 N–H and O–H groups in total. The van der Waals surface area contributed by atoms with E-state index in [2.05, 4.69) is 4.98 Å². The van der Waals surface area contributed by atoms with Gasteiger partial charge in [0.05, 0.1) is 18.0 Å². The van der Waals surface area contributed by atoms with Crippen molar-refractivity contribution in [1.29, 1.82) is 0 Å². The smallest absolute Gasteiger partial charge is 0.264 e. The van der Waals surface area contributed by atoms with Crippen LogP contribution in [0.25, 0.3) is 0 Å². The highest BCUT2D eigenvalue weighted by molar-refractivity contribution is 7.12. The lowest BCUT2D eigenvalue weighted by atomic mass is 10.1. The molecule has 2 aromatic rings. The van der Waals surface area contributed by atoms with Gasteiger partial charge in [0.15, 0.2) is 0 Å². The molecule has 3 heterocycles. The Morgan fingerprint density at radius 2 is 2.29 bits per heavy atom. The number of hydrogen-bond acceptors (Lipinski definition) is 4. The summed E-state index contributed by atoms with van der Waals surface area (Å²) in [5.74, 6) is 0.104. The van der Waals surface area contributed by atoms with E-state index in [-0.39, 0.29) is 12.0 Å². The van der Waals surface area contributed by atoms with Gasteiger partial charge in [0.25, 0.3) is 5.91 Å². The van der Waals surface area contributed by atoms with E-state index in [9.17, 15) is 4.79 Å². The van der Waals surface area contributed by atoms with Crippen molar-refractivity contribution in [1.82, 2.24) is 9.88 Å². The van der Waals surface area contributed by atoms with Gasteiger partial charge in [-0.3, -0.25) is 9.78 Å². The number of nitrogens with zero attached hydrogens (tertiary/aromatic N) is 2. The first-order chi connectivity index (χ1) is 10.1. The minimum atomic E-state index is -0.0644. The topological polar surface area (TPSA) is 42.4 Å². The van der Waals surface area contributed by atoms with E-state index in [0.29, 0.717) is 19.7 Å². The normalized spacial score (nSPS) is 18.8. The van der Waals surface area contributed by atoms with Crippen LogP contribution in [0.3, 0.4) is 0 Å². The number of ether oxygens (including phenoxy) is 1. The Morgan fingerprint density at radius 1 is 1.43 bits per heavy atom. The summed E-state index contributed by atoms with van der Waals surface area (Å²) in [7, 11) is 0. The van der Waals surface area contributed by atoms with Crippen LogP contribution >= 0.6 is 11.3 Å². The van der Waals surface area contributed by atoms with Crippen molar-refractivity contribution >= 4 is 17.2 Å². The average molecular weight is 302 g/mol. The zero-order chi connectivity index (χ0) is 14.8. The fourth-order valence-electron chi connectivity index (χ4n) is 2.50. The summed E-state index contributed by atoms with van der Waals surface area (Å²) in [4.78, 5) is 19.4. The van der Waals surface area contributed by atoms with Gasteiger partial charge in [-0.05, 0) is 48.6 Å². The minimum Gasteiger partial charge on any atom is -0.370 e. The molecule has 5 heteroatoms. The molecule has 1 saturated heterocycles. The zero-order valence-electron chi connectivity index (χ0n) is 12.2. The quantitative estimate of drug-likeness (QED) is 0.856. The van der Waals surface area contributed by atoms with E-state index in [1.54, 1.807) is 6.20 Å². The second-order valence-corrected chi connectivity index (χ2v) is 6.24. The highest BCUT2D eigenvalue weighted by Gasteiger charge is 2.26. The molecule has 0 aliphatic carbocycles. The Bertz CT molecular complexity index is 653. The van der Waals surface area contributed by atoms with Crippen LogP contribution in [0.2, 0.25) is 0 Å². The molecular formula is C16H18N2O2S. The van der Waals surface area contributed by atoms with Crippen molar-refractivity contribution in [3.05, 3.63) is 51.5 Å². The first-order valence-electron chi connectivity index (χ1n) is 7.02. The third-order valence-electron chi connectivity index (χ3n) is 3.59. The van der Waals surface area contributed by atoms with Crippen LogP contribution in [0.5, 0.6) is 0 Å². The third kappa shape index (κ3) is 3.14. The molecule has 1 aliphatic rings. The standard InChI is InChI=1S/C16H18N2O2S/c1-11-7-15(21-10-11)16(19)18-5-6-20-14(9-18)13-3-4-17-12(2)8-13/h3-4,7-8,10,14H,5-6,9H2,1-2H3/t14-/m0/s1. The molecular weight excluding hydrogens is 284 g/mol. The Hall–Kier alpha value is -1.72. The van der Waals surface area contributed by atoms with Gasteiger partial charge < -0.3 is 9.64 Å². The Balaban J connectivity index is 1.75. The van der Waals surface area contributed by atoms with Crippen LogP contribution in [0, 0.1) is 13.8 Å². The lowest BCUT2D eigenvalue weighted by Gasteiger charge is -2.33. The molecule has 110 valence electrons. The highest BCUT2D eigenvalue weighted by Crippen LogP contribution is 2.24. The van der Waals surface area contributed by atoms with Crippen molar-refractivity contribution < 1.29 is 9.53 Å². The Morgan fingerprint density at radius 3 is 3.00 bits per heavy atom. The highest BCUT2D eigenvalue weighted by atomic mass is 32.1. The maximum absolute atomic E-state index is 12.5. The molecule has 0 spiro atoms. The molecule has 0 unspecified atom stereocenters. The SMILES string of the molecule is Cc1csc(C(=O)N2CCO[C@H](c3ccnc(C)c3)C2)c1. The molecule has 1 aliphatic heterocycles. The summed E-state index contributed by atoms with van der Waals surface area (Å²) < 4.78 is 5.82. The summed E-state index contributed by atoms with van der Waals surface area (Å²) in [6, 6.07) is 5.93. The molecule has 0 aromatic carbocycles. The van der Waals surface area contributed by atoms with E-state index in [0.717, 1.165) is 21.7 Å². The van der Waals surface area contributed by atoms with Gasteiger partial charge in [0.2, 0.25) is 0 Å². The molecule has 21 heavy (non-hydrogen) atoms. The van der Waals surface area contributed by atoms with Crippen LogP contribution in [-0.4, -0.2) is 35.5 Å². The number of carbonyl (C=O) groups excluding carboxylic acids is 1. The number of carbonyl (C=O) groups is 1. The monoisotopic (exact) mass is 302 g/mol. The van der Waals surface area contributed by atoms with Crippen LogP contribution < -0.4 is 0 Å². The number of thiophene rings is 1. The van der Waals surface area contributed by atoms with Crippen molar-refractivity contribution in [3.63, 3.8) is 0 Å². The number of aryl methyl sites for hydroxylation is 2. The number of amides is 1. The second-order valence-electron chi connectivity index (χ2n) is 5.33. The fraction of sp³-hybridized carbons (Fsp3) is 0.375. The molecule has 2 aromatic heterocycles. The third-order valence-corrected chi connectivity index (χ3v) is 4.62. The molecule has 0 radical (unpaired) electrons. The van der Waals surface area contributed by atoms with Crippen molar-refractivity contribution in [2.45, 2.75) is 20.0 Å². The Kier molecular flexibility index (Phi) is 4.03. The van der Waals surface area contributed by atoms with Crippen LogP contribution in [0.1, 0.15) is 32.6 Å². The van der Waals surface area contributed by atoms with Crippen molar-refractivity contribution in [3.8, 4) is 0 Å². The van der Waals surface area contributed by atoms with Crippen molar-refractivity contribution in [2.24, 2.45) is 0 Å². The maximum Gasteiger partial charge on any atom is 0.264 e. The summed E-state index contributed by atoms with van der Waals surface area (Å²) in [6.07, 6.45) is 1.72. The predicted octanol–water partition coefficient (Wildman–Crippen LogP) is 2.97. The van der Waals surface area contributed by atoms with E-state index in [4.69, 9.17) is 4.74 Å². The molecule has 3 rings (SSSR count). The van der Waals surface area contributed by atoms with Gasteiger partial charge in [-0.15, -0.1) is 11.3 Å². The van der Waals surface area contributed by atoms with E-state index in [1.807, 2.05) is 42.3 Å². The summed E-state index contributed by atoms with van der Waals surface area (Å²) in [6.45, 7) is 5.79. The molecule has 1 fully saturated rings. The van der Waals surface area contributed by atoms with E-state index < -0.39 is 0 Å². The molecule has 1 atom stereocenters. The summed E-state index contributed by atoms with van der Waals surface area (Å²) >= 11 is 1.51. The van der Waals surface area contributed by atoms with Gasteiger partial charge in [-0.1, -0.05) is 0 Å². The summed E-state index contributed by atoms with van der Waals surface area (Å²) in [5.41, 5.74) is 3.19. The van der Waals surface area contributed by atoms with Crippen LogP contribution in [-0.2, 0) is 4.74 Å². The molecule has 4 nitrogen and oxygen atoms in total. The van der Waals surface area contributed by atoms with Gasteiger partial charge in [-0.25, -0.2) is 0 Å². The lowest BCUT2D eigenvalue weighted by molar-refractivity contribution is -0.0227. The average Bonchev–Trinajstić information content (AvgIpc) is 2.93. The predicted molar refractivity (Wildman–Crippen MR) is 82.6 cm³/mol. The van der Waals surface area contributed by atoms with Gasteiger partial charge in [-0.2, -0.15) is 0 Å². The second kappa shape index (κ2) is 5.95. The van der Waals surface area contributed by atoms with Crippen molar-refractivity contribution in [2.75, 3.05) is 19.7 Å². The minimum absolute atomic E-state index is 0.0644. The molecule has 0 saturated carbocycles. The zero-order valence-corrected chi connectivity index (χ0v) is 13.0. The van der Waals surface area contributed by atoms with Gasteiger partial charge in [0.1, 0.15) is 6.10 Å². The lowest BCUT2D eigenvalue weighted by Crippen LogP contribution is -2.42. The van der Waals surface area contributed by atoms with E-state index >= 15 is 0 Å². The number of hydrogen-bond donors (Lipinski definition) is 0. The number of pyridine rings is 1. The number of morpholine rings is 1. The maximum atomic E-state index is 12.5. The largest absolute Gasteiger partial charge is 0.370 e. The van der Waals surface area contributed by atoms with Gasteiger partial charge >= 0.3 is 0 Å². The van der Waals surface area contributed by atoms with Crippen LogP contribution in [0.4, 0.5) is 0 Å². The molecule has 0 bridgehead atoms. The summed E-state index contributed by atoms with van der Waals surface area (Å²) in [5, 5.41) is 2.01. The first-order valence-corrected chi connectivity index (χ1v) is 7.90. The van der Waals surface area contributed by atoms with E-state index in [1.165, 1.54) is 11.3 Å². The Labute approximate surface area is 128 Å².